The lowest BCUT2D eigenvalue weighted by molar-refractivity contribution is -0.127. The average Bonchev–Trinajstić information content (AvgIpc) is 2.64. The number of hydrogen-bond acceptors (Lipinski definition) is 4. The number of ether oxygens (including phenoxy) is 1. The summed E-state index contributed by atoms with van der Waals surface area (Å²) in [5.74, 6) is 0.0924. The Bertz CT molecular complexity index is 868. The average molecular weight is 374 g/mol. The van der Waals surface area contributed by atoms with Crippen LogP contribution in [0.15, 0.2) is 54.6 Å². The van der Waals surface area contributed by atoms with E-state index in [1.54, 1.807) is 24.3 Å². The Labute approximate surface area is 153 Å². The number of amides is 1. The van der Waals surface area contributed by atoms with Crippen molar-refractivity contribution in [2.45, 2.75) is 18.9 Å². The molecule has 0 fully saturated rings. The summed E-state index contributed by atoms with van der Waals surface area (Å²) in [6.45, 7) is 0.481. The van der Waals surface area contributed by atoms with E-state index in [-0.39, 0.29) is 12.5 Å². The summed E-state index contributed by atoms with van der Waals surface area (Å²) in [7, 11) is -3.49. The van der Waals surface area contributed by atoms with Gasteiger partial charge < -0.3 is 10.1 Å². The molecule has 0 aromatic heterocycles. The predicted octanol–water partition coefficient (Wildman–Crippen LogP) is 1.96. The molecule has 0 saturated carbocycles. The molecule has 2 aromatic carbocycles. The summed E-state index contributed by atoms with van der Waals surface area (Å²) >= 11 is 0. The second-order valence-corrected chi connectivity index (χ2v) is 8.16. The van der Waals surface area contributed by atoms with Gasteiger partial charge in [0.2, 0.25) is 10.0 Å². The zero-order valence-corrected chi connectivity index (χ0v) is 15.4. The van der Waals surface area contributed by atoms with Gasteiger partial charge in [0, 0.05) is 6.54 Å². The van der Waals surface area contributed by atoms with Crippen molar-refractivity contribution < 1.29 is 17.9 Å². The van der Waals surface area contributed by atoms with Crippen LogP contribution in [0.5, 0.6) is 5.75 Å². The lowest BCUT2D eigenvalue weighted by Crippen LogP contribution is -2.50. The van der Waals surface area contributed by atoms with E-state index in [1.165, 1.54) is 9.87 Å². The summed E-state index contributed by atoms with van der Waals surface area (Å²) in [5.41, 5.74) is 1.68. The molecule has 138 valence electrons. The second-order valence-electron chi connectivity index (χ2n) is 6.25. The molecule has 1 aliphatic rings. The van der Waals surface area contributed by atoms with Crippen molar-refractivity contribution in [3.8, 4) is 5.75 Å². The molecule has 0 bridgehead atoms. The van der Waals surface area contributed by atoms with Crippen molar-refractivity contribution in [1.29, 1.82) is 0 Å². The summed E-state index contributed by atoms with van der Waals surface area (Å²) < 4.78 is 31.1. The van der Waals surface area contributed by atoms with Gasteiger partial charge in [0.05, 0.1) is 18.5 Å². The first kappa shape index (κ1) is 18.3. The van der Waals surface area contributed by atoms with Crippen molar-refractivity contribution in [1.82, 2.24) is 5.32 Å². The molecular weight excluding hydrogens is 352 g/mol. The van der Waals surface area contributed by atoms with Gasteiger partial charge in [-0.2, -0.15) is 0 Å². The second kappa shape index (κ2) is 7.78. The van der Waals surface area contributed by atoms with Crippen LogP contribution >= 0.6 is 0 Å². The number of fused-ring (bicyclic) bond motifs is 1. The molecule has 0 unspecified atom stereocenters. The van der Waals surface area contributed by atoms with Crippen LogP contribution < -0.4 is 14.4 Å². The Morgan fingerprint density at radius 1 is 1.15 bits per heavy atom. The van der Waals surface area contributed by atoms with E-state index in [9.17, 15) is 13.2 Å². The number of benzene rings is 2. The van der Waals surface area contributed by atoms with Gasteiger partial charge in [0.1, 0.15) is 5.75 Å². The molecule has 0 aliphatic carbocycles. The van der Waals surface area contributed by atoms with E-state index in [0.717, 1.165) is 19.1 Å². The fourth-order valence-corrected chi connectivity index (χ4v) is 3.83. The van der Waals surface area contributed by atoms with Crippen molar-refractivity contribution in [3.63, 3.8) is 0 Å². The maximum Gasteiger partial charge on any atom is 0.263 e. The number of carbonyl (C=O) groups is 1. The number of para-hydroxylation sites is 2. The maximum atomic E-state index is 12.4. The smallest absolute Gasteiger partial charge is 0.263 e. The highest BCUT2D eigenvalue weighted by atomic mass is 32.2. The van der Waals surface area contributed by atoms with Gasteiger partial charge in [0.25, 0.3) is 5.91 Å². The molecule has 6 nitrogen and oxygen atoms in total. The highest BCUT2D eigenvalue weighted by Crippen LogP contribution is 2.34. The topological polar surface area (TPSA) is 75.7 Å². The summed E-state index contributed by atoms with van der Waals surface area (Å²) in [4.78, 5) is 12.4. The Balaban J connectivity index is 1.60. The van der Waals surface area contributed by atoms with Crippen molar-refractivity contribution in [2.24, 2.45) is 0 Å². The summed E-state index contributed by atoms with van der Waals surface area (Å²) in [6, 6.07) is 16.9. The van der Waals surface area contributed by atoms with Crippen LogP contribution in [0.3, 0.4) is 0 Å². The lowest BCUT2D eigenvalue weighted by Gasteiger charge is -2.33. The normalized spacial score (nSPS) is 16.5. The van der Waals surface area contributed by atoms with Crippen LogP contribution in [0.25, 0.3) is 0 Å². The zero-order chi connectivity index (χ0) is 18.6. The van der Waals surface area contributed by atoms with Gasteiger partial charge >= 0.3 is 0 Å². The van der Waals surface area contributed by atoms with Gasteiger partial charge in [-0.15, -0.1) is 0 Å². The van der Waals surface area contributed by atoms with Crippen LogP contribution in [0.4, 0.5) is 5.69 Å². The highest BCUT2D eigenvalue weighted by Gasteiger charge is 2.34. The molecule has 3 rings (SSSR count). The van der Waals surface area contributed by atoms with Gasteiger partial charge in [0.15, 0.2) is 6.10 Å². The van der Waals surface area contributed by atoms with Gasteiger partial charge in [-0.25, -0.2) is 8.42 Å². The van der Waals surface area contributed by atoms with Crippen LogP contribution in [0.1, 0.15) is 12.0 Å². The number of aryl methyl sites for hydroxylation is 1. The van der Waals surface area contributed by atoms with Crippen molar-refractivity contribution in [3.05, 3.63) is 60.2 Å². The molecule has 2 aromatic rings. The molecular formula is C19H22N2O4S. The summed E-state index contributed by atoms with van der Waals surface area (Å²) in [6.07, 6.45) is 1.93. The number of sulfonamides is 1. The Morgan fingerprint density at radius 3 is 2.58 bits per heavy atom. The van der Waals surface area contributed by atoms with Crippen molar-refractivity contribution in [2.75, 3.05) is 23.7 Å². The fraction of sp³-hybridized carbons (Fsp3) is 0.316. The summed E-state index contributed by atoms with van der Waals surface area (Å²) in [5, 5.41) is 2.84. The molecule has 0 radical (unpaired) electrons. The Kier molecular flexibility index (Phi) is 5.46. The third kappa shape index (κ3) is 4.35. The van der Waals surface area contributed by atoms with Crippen LogP contribution in [-0.4, -0.2) is 39.8 Å². The fourth-order valence-electron chi connectivity index (χ4n) is 2.92. The highest BCUT2D eigenvalue weighted by molar-refractivity contribution is 7.92. The third-order valence-corrected chi connectivity index (χ3v) is 5.36. The van der Waals surface area contributed by atoms with Gasteiger partial charge in [-0.1, -0.05) is 42.5 Å². The minimum absolute atomic E-state index is 0.0274. The van der Waals surface area contributed by atoms with E-state index >= 15 is 0 Å². The SMILES string of the molecule is CS(=O)(=O)N1C[C@H](C(=O)NCCCc2ccccc2)Oc2ccccc21. The van der Waals surface area contributed by atoms with E-state index in [0.29, 0.717) is 18.0 Å². The largest absolute Gasteiger partial charge is 0.476 e. The van der Waals surface area contributed by atoms with Crippen LogP contribution in [0, 0.1) is 0 Å². The first-order valence-electron chi connectivity index (χ1n) is 8.50. The number of anilines is 1. The quantitative estimate of drug-likeness (QED) is 0.785. The first-order chi connectivity index (χ1) is 12.4. The number of rotatable bonds is 6. The lowest BCUT2D eigenvalue weighted by atomic mass is 10.1. The van der Waals surface area contributed by atoms with E-state index in [1.807, 2.05) is 30.3 Å². The van der Waals surface area contributed by atoms with E-state index in [2.05, 4.69) is 5.32 Å². The standard InChI is InChI=1S/C19H22N2O4S/c1-26(23,24)21-14-18(25-17-12-6-5-11-16(17)21)19(22)20-13-7-10-15-8-3-2-4-9-15/h2-6,8-9,11-12,18H,7,10,13-14H2,1H3,(H,20,22)/t18-/m1/s1. The minimum atomic E-state index is -3.49. The molecule has 26 heavy (non-hydrogen) atoms. The van der Waals surface area contributed by atoms with Crippen LogP contribution in [0.2, 0.25) is 0 Å². The van der Waals surface area contributed by atoms with E-state index < -0.39 is 16.1 Å². The number of hydrogen-bond donors (Lipinski definition) is 1. The Morgan fingerprint density at radius 2 is 1.85 bits per heavy atom. The minimum Gasteiger partial charge on any atom is -0.476 e. The molecule has 1 heterocycles. The van der Waals surface area contributed by atoms with E-state index in [4.69, 9.17) is 4.74 Å². The molecule has 0 saturated heterocycles. The predicted molar refractivity (Wildman–Crippen MR) is 101 cm³/mol. The Hall–Kier alpha value is -2.54. The first-order valence-corrected chi connectivity index (χ1v) is 10.3. The van der Waals surface area contributed by atoms with Crippen LogP contribution in [-0.2, 0) is 21.2 Å². The number of nitrogens with one attached hydrogen (secondary N) is 1. The third-order valence-electron chi connectivity index (χ3n) is 4.21. The monoisotopic (exact) mass is 374 g/mol. The van der Waals surface area contributed by atoms with Gasteiger partial charge in [-0.05, 0) is 30.5 Å². The molecule has 1 atom stereocenters. The van der Waals surface area contributed by atoms with Gasteiger partial charge in [-0.3, -0.25) is 9.10 Å². The molecule has 7 heteroatoms. The molecule has 1 aliphatic heterocycles. The zero-order valence-electron chi connectivity index (χ0n) is 14.6. The molecule has 0 spiro atoms. The molecule has 1 amide bonds. The van der Waals surface area contributed by atoms with Crippen molar-refractivity contribution >= 4 is 21.6 Å². The number of carbonyl (C=O) groups excluding carboxylic acids is 1. The molecule has 1 N–H and O–H groups in total. The number of nitrogens with zero attached hydrogens (tertiary/aromatic N) is 1. The maximum absolute atomic E-state index is 12.4.